The molecule has 0 N–H and O–H groups in total. The Morgan fingerprint density at radius 2 is 1.93 bits per heavy atom. The number of hydrogen-bond donors (Lipinski definition) is 0. The smallest absolute Gasteiger partial charge is 0.206 e. The van der Waals surface area contributed by atoms with E-state index in [1.165, 1.54) is 25.7 Å². The monoisotopic (exact) mass is 197 g/mol. The van der Waals surface area contributed by atoms with E-state index >= 15 is 0 Å². The summed E-state index contributed by atoms with van der Waals surface area (Å²) in [5, 5.41) is 10.5. The molecule has 0 bridgehead atoms. The van der Waals surface area contributed by atoms with E-state index < -0.39 is 0 Å². The minimum Gasteiger partial charge on any atom is -0.265 e. The first-order valence-electron chi connectivity index (χ1n) is 5.82. The predicted octanol–water partition coefficient (Wildman–Crippen LogP) is 2.73. The summed E-state index contributed by atoms with van der Waals surface area (Å²) in [4.78, 5) is 10.4. The molecule has 3 heteroatoms. The van der Waals surface area contributed by atoms with Gasteiger partial charge < -0.3 is 0 Å². The summed E-state index contributed by atoms with van der Waals surface area (Å²) in [6.07, 6.45) is 6.30. The van der Waals surface area contributed by atoms with E-state index in [1.807, 2.05) is 0 Å². The molecule has 0 amide bonds. The van der Waals surface area contributed by atoms with Gasteiger partial charge in [0.1, 0.15) is 0 Å². The van der Waals surface area contributed by atoms with Crippen molar-refractivity contribution in [1.29, 1.82) is 0 Å². The van der Waals surface area contributed by atoms with Crippen LogP contribution in [0.3, 0.4) is 0 Å². The average Bonchev–Trinajstić information content (AvgIpc) is 2.39. The van der Waals surface area contributed by atoms with E-state index in [1.54, 1.807) is 0 Å². The van der Waals surface area contributed by atoms with Crippen LogP contribution in [0, 0.1) is 33.8 Å². The fourth-order valence-electron chi connectivity index (χ4n) is 3.32. The van der Waals surface area contributed by atoms with Crippen LogP contribution >= 0.6 is 0 Å². The lowest BCUT2D eigenvalue weighted by Crippen LogP contribution is -2.20. The topological polar surface area (TPSA) is 43.1 Å². The van der Waals surface area contributed by atoms with Gasteiger partial charge in [-0.25, -0.2) is 0 Å². The average molecular weight is 197 g/mol. The van der Waals surface area contributed by atoms with Gasteiger partial charge in [-0.3, -0.25) is 10.1 Å². The first kappa shape index (κ1) is 9.94. The van der Waals surface area contributed by atoms with Crippen molar-refractivity contribution in [3.05, 3.63) is 10.1 Å². The Labute approximate surface area is 85.0 Å². The summed E-state index contributed by atoms with van der Waals surface area (Å²) in [6.45, 7) is 2.29. The van der Waals surface area contributed by atoms with Gasteiger partial charge in [-0.1, -0.05) is 6.92 Å². The molecule has 0 saturated heterocycles. The molecule has 2 fully saturated rings. The molecule has 0 heterocycles. The van der Waals surface area contributed by atoms with Crippen LogP contribution in [0.4, 0.5) is 0 Å². The van der Waals surface area contributed by atoms with Gasteiger partial charge in [-0.15, -0.1) is 0 Å². The lowest BCUT2D eigenvalue weighted by molar-refractivity contribution is -0.490. The highest BCUT2D eigenvalue weighted by atomic mass is 16.6. The van der Waals surface area contributed by atoms with Crippen molar-refractivity contribution in [1.82, 2.24) is 0 Å². The summed E-state index contributed by atoms with van der Waals surface area (Å²) >= 11 is 0. The molecule has 0 aromatic heterocycles. The molecule has 0 aromatic carbocycles. The molecule has 0 radical (unpaired) electrons. The molecule has 3 nitrogen and oxygen atoms in total. The largest absolute Gasteiger partial charge is 0.265 e. The van der Waals surface area contributed by atoms with Gasteiger partial charge in [0.05, 0.1) is 0 Å². The number of nitro groups is 1. The fraction of sp³-hybridized carbons (Fsp3) is 1.00. The van der Waals surface area contributed by atoms with Gasteiger partial charge in [0.15, 0.2) is 0 Å². The molecule has 4 atom stereocenters. The van der Waals surface area contributed by atoms with Crippen molar-refractivity contribution in [2.75, 3.05) is 6.54 Å². The molecule has 0 spiro atoms. The summed E-state index contributed by atoms with van der Waals surface area (Å²) in [7, 11) is 0. The van der Waals surface area contributed by atoms with Crippen molar-refractivity contribution in [3.63, 3.8) is 0 Å². The molecule has 2 aliphatic carbocycles. The molecule has 2 unspecified atom stereocenters. The van der Waals surface area contributed by atoms with E-state index in [9.17, 15) is 10.1 Å². The van der Waals surface area contributed by atoms with Gasteiger partial charge in [0, 0.05) is 10.8 Å². The Kier molecular flexibility index (Phi) is 2.75. The minimum atomic E-state index is -0.131. The molecule has 2 rings (SSSR count). The maximum absolute atomic E-state index is 10.5. The first-order chi connectivity index (χ1) is 6.70. The highest BCUT2D eigenvalue weighted by Gasteiger charge is 2.43. The summed E-state index contributed by atoms with van der Waals surface area (Å²) in [6, 6.07) is 0. The highest BCUT2D eigenvalue weighted by molar-refractivity contribution is 4.92. The first-order valence-corrected chi connectivity index (χ1v) is 5.82. The van der Waals surface area contributed by atoms with Crippen molar-refractivity contribution in [3.8, 4) is 0 Å². The van der Waals surface area contributed by atoms with Crippen LogP contribution in [0.2, 0.25) is 0 Å². The van der Waals surface area contributed by atoms with E-state index in [0.717, 1.165) is 18.3 Å². The Morgan fingerprint density at radius 3 is 2.29 bits per heavy atom. The second-order valence-corrected chi connectivity index (χ2v) is 5.01. The molecule has 2 saturated carbocycles. The van der Waals surface area contributed by atoms with Crippen molar-refractivity contribution in [2.45, 2.75) is 39.0 Å². The van der Waals surface area contributed by atoms with Crippen molar-refractivity contribution in [2.24, 2.45) is 23.7 Å². The Hall–Kier alpha value is -0.600. The van der Waals surface area contributed by atoms with Crippen LogP contribution in [0.1, 0.15) is 39.0 Å². The Balaban J connectivity index is 1.88. The number of nitrogens with zero attached hydrogens (tertiary/aromatic N) is 1. The van der Waals surface area contributed by atoms with E-state index in [4.69, 9.17) is 0 Å². The van der Waals surface area contributed by atoms with Gasteiger partial charge in [-0.05, 0) is 49.9 Å². The van der Waals surface area contributed by atoms with Gasteiger partial charge >= 0.3 is 0 Å². The third kappa shape index (κ3) is 1.77. The molecule has 80 valence electrons. The van der Waals surface area contributed by atoms with Crippen LogP contribution in [-0.4, -0.2) is 11.5 Å². The van der Waals surface area contributed by atoms with E-state index in [2.05, 4.69) is 6.92 Å². The number of hydrogen-bond acceptors (Lipinski definition) is 2. The minimum absolute atomic E-state index is 0.131. The summed E-state index contributed by atoms with van der Waals surface area (Å²) in [5.74, 6) is 2.86. The third-order valence-electron chi connectivity index (χ3n) is 4.36. The Morgan fingerprint density at radius 1 is 1.36 bits per heavy atom. The predicted molar refractivity (Wildman–Crippen MR) is 54.6 cm³/mol. The summed E-state index contributed by atoms with van der Waals surface area (Å²) < 4.78 is 0. The number of rotatable bonds is 4. The third-order valence-corrected chi connectivity index (χ3v) is 4.36. The quantitative estimate of drug-likeness (QED) is 0.513. The maximum atomic E-state index is 10.5. The molecule has 0 aromatic rings. The highest BCUT2D eigenvalue weighted by Crippen LogP contribution is 2.51. The van der Waals surface area contributed by atoms with E-state index in [-0.39, 0.29) is 11.5 Å². The maximum Gasteiger partial charge on any atom is 0.206 e. The van der Waals surface area contributed by atoms with Crippen LogP contribution in [0.15, 0.2) is 0 Å². The lowest BCUT2D eigenvalue weighted by atomic mass is 9.77. The molecular formula is C11H19NO2. The summed E-state index contributed by atoms with van der Waals surface area (Å²) in [5.41, 5.74) is 0. The normalized spacial score (nSPS) is 37.4. The zero-order valence-electron chi connectivity index (χ0n) is 8.82. The van der Waals surface area contributed by atoms with Crippen LogP contribution in [-0.2, 0) is 0 Å². The van der Waals surface area contributed by atoms with Crippen molar-refractivity contribution >= 4 is 0 Å². The Bertz CT molecular complexity index is 217. The molecule has 0 aliphatic heterocycles. The van der Waals surface area contributed by atoms with Gasteiger partial charge in [0.2, 0.25) is 6.54 Å². The number of fused-ring (bicyclic) bond motifs is 1. The second kappa shape index (κ2) is 3.87. The molecule has 2 aliphatic rings. The van der Waals surface area contributed by atoms with Gasteiger partial charge in [-0.2, -0.15) is 0 Å². The second-order valence-electron chi connectivity index (χ2n) is 5.01. The van der Waals surface area contributed by atoms with Gasteiger partial charge in [0.25, 0.3) is 0 Å². The zero-order chi connectivity index (χ0) is 10.1. The lowest BCUT2D eigenvalue weighted by Gasteiger charge is -2.29. The molecule has 14 heavy (non-hydrogen) atoms. The fourth-order valence-corrected chi connectivity index (χ4v) is 3.32. The zero-order valence-corrected chi connectivity index (χ0v) is 8.82. The van der Waals surface area contributed by atoms with Crippen molar-refractivity contribution < 1.29 is 4.92 Å². The van der Waals surface area contributed by atoms with Crippen LogP contribution < -0.4 is 0 Å². The standard InChI is InChI=1S/C11H19NO2/c1-2-8(7-12(13)14)11-5-9-3-4-10(9)6-11/h8-11H,2-7H2,1H3/t8?,9-,10+,11?. The van der Waals surface area contributed by atoms with Crippen LogP contribution in [0.5, 0.6) is 0 Å². The van der Waals surface area contributed by atoms with E-state index in [0.29, 0.717) is 11.8 Å². The SMILES string of the molecule is CCC(C[N+](=O)[O-])C1C[C@H]2CC[C@H]2C1. The molecular weight excluding hydrogens is 178 g/mol. The van der Waals surface area contributed by atoms with Crippen LogP contribution in [0.25, 0.3) is 0 Å².